The molecular formula is C21H21N3O4. The number of methoxy groups -OCH3 is 3. The smallest absolute Gasteiger partial charge is 0.255 e. The molecule has 3 aromatic carbocycles. The Labute approximate surface area is 162 Å². The molecule has 0 aliphatic heterocycles. The van der Waals surface area contributed by atoms with Crippen molar-refractivity contribution in [3.63, 3.8) is 0 Å². The summed E-state index contributed by atoms with van der Waals surface area (Å²) in [5.41, 5.74) is 1.96. The first-order valence-corrected chi connectivity index (χ1v) is 8.48. The Morgan fingerprint density at radius 3 is 2.18 bits per heavy atom. The average Bonchev–Trinajstić information content (AvgIpc) is 2.72. The zero-order valence-corrected chi connectivity index (χ0v) is 15.9. The summed E-state index contributed by atoms with van der Waals surface area (Å²) >= 11 is 0. The van der Waals surface area contributed by atoms with Gasteiger partial charge in [0.2, 0.25) is 5.75 Å². The topological polar surface area (TPSA) is 95.2 Å². The van der Waals surface area contributed by atoms with Gasteiger partial charge in [0.05, 0.1) is 27.5 Å². The first-order chi connectivity index (χ1) is 13.6. The van der Waals surface area contributed by atoms with Gasteiger partial charge in [-0.3, -0.25) is 4.79 Å². The second-order valence-corrected chi connectivity index (χ2v) is 5.97. The number of hydrogen-bond donors (Lipinski definition) is 2. The molecule has 3 N–H and O–H groups in total. The van der Waals surface area contributed by atoms with Crippen molar-refractivity contribution < 1.29 is 19.0 Å². The van der Waals surface area contributed by atoms with Crippen molar-refractivity contribution in [2.24, 2.45) is 10.9 Å². The van der Waals surface area contributed by atoms with Gasteiger partial charge in [-0.1, -0.05) is 18.2 Å². The van der Waals surface area contributed by atoms with E-state index in [0.29, 0.717) is 28.5 Å². The van der Waals surface area contributed by atoms with Crippen molar-refractivity contribution in [1.82, 2.24) is 0 Å². The van der Waals surface area contributed by atoms with Gasteiger partial charge in [0.15, 0.2) is 11.5 Å². The van der Waals surface area contributed by atoms with Crippen molar-refractivity contribution in [2.75, 3.05) is 26.6 Å². The maximum Gasteiger partial charge on any atom is 0.255 e. The first-order valence-electron chi connectivity index (χ1n) is 8.48. The van der Waals surface area contributed by atoms with E-state index < -0.39 is 0 Å². The molecule has 1 amide bonds. The van der Waals surface area contributed by atoms with Crippen LogP contribution in [-0.4, -0.2) is 33.5 Å². The normalized spacial score (nSPS) is 10.8. The summed E-state index contributed by atoms with van der Waals surface area (Å²) in [7, 11) is 4.57. The van der Waals surface area contributed by atoms with Crippen molar-refractivity contribution in [3.05, 3.63) is 59.7 Å². The van der Waals surface area contributed by atoms with Crippen LogP contribution in [0.1, 0.15) is 15.9 Å². The molecule has 0 unspecified atom stereocenters. The van der Waals surface area contributed by atoms with Crippen LogP contribution < -0.4 is 25.4 Å². The summed E-state index contributed by atoms with van der Waals surface area (Å²) in [6.45, 7) is 0. The molecule has 0 aromatic heterocycles. The number of hydrogen-bond acceptors (Lipinski definition) is 6. The lowest BCUT2D eigenvalue weighted by Gasteiger charge is -2.14. The van der Waals surface area contributed by atoms with Gasteiger partial charge >= 0.3 is 0 Å². The van der Waals surface area contributed by atoms with E-state index in [1.54, 1.807) is 24.4 Å². The lowest BCUT2D eigenvalue weighted by Crippen LogP contribution is -2.12. The van der Waals surface area contributed by atoms with Gasteiger partial charge in [0, 0.05) is 23.4 Å². The van der Waals surface area contributed by atoms with Crippen LogP contribution in [0, 0.1) is 0 Å². The van der Waals surface area contributed by atoms with Crippen LogP contribution in [-0.2, 0) is 0 Å². The van der Waals surface area contributed by atoms with E-state index in [9.17, 15) is 4.79 Å². The van der Waals surface area contributed by atoms with Gasteiger partial charge in [-0.05, 0) is 34.5 Å². The fourth-order valence-electron chi connectivity index (χ4n) is 2.93. The maximum atomic E-state index is 12.7. The van der Waals surface area contributed by atoms with Gasteiger partial charge < -0.3 is 25.4 Å². The van der Waals surface area contributed by atoms with Crippen LogP contribution >= 0.6 is 0 Å². The molecule has 0 saturated carbocycles. The number of anilines is 1. The molecule has 144 valence electrons. The highest BCUT2D eigenvalue weighted by Crippen LogP contribution is 2.40. The highest BCUT2D eigenvalue weighted by atomic mass is 16.5. The number of amides is 1. The molecule has 0 fully saturated rings. The third-order valence-corrected chi connectivity index (χ3v) is 4.27. The summed E-state index contributed by atoms with van der Waals surface area (Å²) < 4.78 is 15.9. The molecule has 28 heavy (non-hydrogen) atoms. The Hall–Kier alpha value is -3.74. The number of ether oxygens (including phenoxy) is 3. The minimum Gasteiger partial charge on any atom is -0.493 e. The molecule has 0 heterocycles. The Bertz CT molecular complexity index is 1020. The number of fused-ring (bicyclic) bond motifs is 1. The van der Waals surface area contributed by atoms with E-state index in [4.69, 9.17) is 20.1 Å². The third kappa shape index (κ3) is 3.83. The van der Waals surface area contributed by atoms with E-state index in [1.807, 2.05) is 30.3 Å². The summed E-state index contributed by atoms with van der Waals surface area (Å²) in [4.78, 5) is 12.7. The van der Waals surface area contributed by atoms with E-state index in [0.717, 1.165) is 16.3 Å². The average molecular weight is 379 g/mol. The minimum atomic E-state index is -0.247. The second-order valence-electron chi connectivity index (χ2n) is 5.97. The van der Waals surface area contributed by atoms with Crippen LogP contribution in [0.3, 0.4) is 0 Å². The Kier molecular flexibility index (Phi) is 5.64. The number of nitrogens with two attached hydrogens (primary N) is 1. The van der Waals surface area contributed by atoms with Gasteiger partial charge in [-0.25, -0.2) is 0 Å². The number of carbonyl (C=O) groups excluding carboxylic acids is 1. The highest BCUT2D eigenvalue weighted by molar-refractivity contribution is 6.07. The molecule has 0 aliphatic carbocycles. The lowest BCUT2D eigenvalue weighted by molar-refractivity contribution is 0.102. The molecule has 0 aliphatic rings. The van der Waals surface area contributed by atoms with Gasteiger partial charge in [-0.15, -0.1) is 0 Å². The number of nitrogens with zero attached hydrogens (tertiary/aromatic N) is 1. The molecule has 3 rings (SSSR count). The molecular weight excluding hydrogens is 358 g/mol. The van der Waals surface area contributed by atoms with E-state index in [-0.39, 0.29) is 5.91 Å². The van der Waals surface area contributed by atoms with Crippen molar-refractivity contribution in [2.45, 2.75) is 0 Å². The van der Waals surface area contributed by atoms with E-state index in [2.05, 4.69) is 10.4 Å². The fraction of sp³-hybridized carbons (Fsp3) is 0.143. The molecule has 3 aromatic rings. The predicted molar refractivity (Wildman–Crippen MR) is 110 cm³/mol. The zero-order chi connectivity index (χ0) is 20.1. The van der Waals surface area contributed by atoms with Gasteiger partial charge in [0.1, 0.15) is 0 Å². The lowest BCUT2D eigenvalue weighted by atomic mass is 10.0. The Balaban J connectivity index is 1.89. The van der Waals surface area contributed by atoms with Crippen LogP contribution in [0.4, 0.5) is 5.69 Å². The number of rotatable bonds is 6. The Morgan fingerprint density at radius 1 is 0.929 bits per heavy atom. The van der Waals surface area contributed by atoms with Crippen LogP contribution in [0.15, 0.2) is 53.6 Å². The van der Waals surface area contributed by atoms with Crippen molar-refractivity contribution >= 4 is 28.6 Å². The summed E-state index contributed by atoms with van der Waals surface area (Å²) in [6, 6.07) is 14.6. The molecule has 0 saturated heterocycles. The molecule has 0 spiro atoms. The SMILES string of the molecule is COc1cc(NC(=O)c2ccc3cc(C=NN)ccc3c2)cc(OC)c1OC. The monoisotopic (exact) mass is 379 g/mol. The summed E-state index contributed by atoms with van der Waals surface area (Å²) in [5.74, 6) is 6.33. The third-order valence-electron chi connectivity index (χ3n) is 4.27. The zero-order valence-electron chi connectivity index (χ0n) is 15.9. The summed E-state index contributed by atoms with van der Waals surface area (Å²) in [6.07, 6.45) is 1.57. The maximum absolute atomic E-state index is 12.7. The minimum absolute atomic E-state index is 0.247. The van der Waals surface area contributed by atoms with Gasteiger partial charge in [0.25, 0.3) is 5.91 Å². The number of hydrazone groups is 1. The molecule has 0 radical (unpaired) electrons. The number of benzene rings is 3. The quantitative estimate of drug-likeness (QED) is 0.389. The number of nitrogens with one attached hydrogen (secondary N) is 1. The van der Waals surface area contributed by atoms with E-state index in [1.165, 1.54) is 21.3 Å². The molecule has 7 heteroatoms. The van der Waals surface area contributed by atoms with Crippen LogP contribution in [0.2, 0.25) is 0 Å². The van der Waals surface area contributed by atoms with Crippen molar-refractivity contribution in [3.8, 4) is 17.2 Å². The standard InChI is InChI=1S/C21H21N3O4/c1-26-18-10-17(11-19(27-2)20(18)28-3)24-21(25)16-7-6-14-8-13(12-23-22)4-5-15(14)9-16/h4-12H,22H2,1-3H3,(H,24,25). The van der Waals surface area contributed by atoms with Crippen LogP contribution in [0.25, 0.3) is 10.8 Å². The Morgan fingerprint density at radius 2 is 1.57 bits per heavy atom. The largest absolute Gasteiger partial charge is 0.493 e. The highest BCUT2D eigenvalue weighted by Gasteiger charge is 2.15. The number of carbonyl (C=O) groups is 1. The summed E-state index contributed by atoms with van der Waals surface area (Å²) in [5, 5.41) is 8.32. The van der Waals surface area contributed by atoms with Crippen LogP contribution in [0.5, 0.6) is 17.2 Å². The first kappa shape index (κ1) is 19.0. The fourth-order valence-corrected chi connectivity index (χ4v) is 2.93. The molecule has 0 bridgehead atoms. The molecule has 7 nitrogen and oxygen atoms in total. The van der Waals surface area contributed by atoms with Gasteiger partial charge in [-0.2, -0.15) is 5.10 Å². The second kappa shape index (κ2) is 8.30. The van der Waals surface area contributed by atoms with Crippen molar-refractivity contribution in [1.29, 1.82) is 0 Å². The predicted octanol–water partition coefficient (Wildman–Crippen LogP) is 3.41. The molecule has 0 atom stereocenters. The van der Waals surface area contributed by atoms with E-state index >= 15 is 0 Å².